The van der Waals surface area contributed by atoms with Crippen molar-refractivity contribution in [2.24, 2.45) is 0 Å². The summed E-state index contributed by atoms with van der Waals surface area (Å²) >= 11 is 5.88. The van der Waals surface area contributed by atoms with Crippen molar-refractivity contribution in [3.63, 3.8) is 0 Å². The van der Waals surface area contributed by atoms with Crippen LogP contribution in [0.2, 0.25) is 5.02 Å². The highest BCUT2D eigenvalue weighted by Gasteiger charge is 2.20. The number of carboxylic acids is 1. The van der Waals surface area contributed by atoms with Gasteiger partial charge in [0.25, 0.3) is 10.0 Å². The molecular weight excluding hydrogens is 384 g/mol. The summed E-state index contributed by atoms with van der Waals surface area (Å²) in [4.78, 5) is 22.8. The highest BCUT2D eigenvalue weighted by molar-refractivity contribution is 7.92. The predicted molar refractivity (Wildman–Crippen MR) is 96.1 cm³/mol. The Morgan fingerprint density at radius 2 is 1.88 bits per heavy atom. The number of hydrogen-bond donors (Lipinski definition) is 3. The van der Waals surface area contributed by atoms with E-state index in [0.29, 0.717) is 10.4 Å². The number of fused-ring (bicyclic) bond motifs is 1. The lowest BCUT2D eigenvalue weighted by Gasteiger charge is -2.09. The van der Waals surface area contributed by atoms with E-state index in [1.807, 2.05) is 0 Å². The number of nitrogens with one attached hydrogen (secondary N) is 1. The third-order valence-electron chi connectivity index (χ3n) is 3.50. The molecule has 0 radical (unpaired) electrons. The number of nitrogen functional groups attached to an aromatic ring is 1. The van der Waals surface area contributed by atoms with Gasteiger partial charge in [0.2, 0.25) is 0 Å². The highest BCUT2D eigenvalue weighted by atomic mass is 35.5. The Morgan fingerprint density at radius 3 is 2.58 bits per heavy atom. The first kappa shape index (κ1) is 17.8. The highest BCUT2D eigenvalue weighted by Crippen LogP contribution is 2.23. The molecule has 1 aromatic heterocycles. The van der Waals surface area contributed by atoms with Gasteiger partial charge in [-0.1, -0.05) is 11.6 Å². The van der Waals surface area contributed by atoms with E-state index in [2.05, 4.69) is 4.72 Å². The standard InChI is InChI=1S/C16H11ClN2O6S/c17-9-1-4-14-8(5-9)6-13(16(22)25-14)19-26(23,24)10-2-3-12(18)11(7-10)15(20)21/h1-7,19H,18H2,(H,20,21). The lowest BCUT2D eigenvalue weighted by molar-refractivity contribution is 0.0698. The second-order valence-electron chi connectivity index (χ2n) is 5.29. The molecule has 8 nitrogen and oxygen atoms in total. The van der Waals surface area contributed by atoms with E-state index >= 15 is 0 Å². The molecule has 0 fully saturated rings. The molecule has 4 N–H and O–H groups in total. The second kappa shape index (κ2) is 6.36. The van der Waals surface area contributed by atoms with E-state index in [-0.39, 0.29) is 27.4 Å². The first-order valence-corrected chi connectivity index (χ1v) is 8.92. The number of benzene rings is 2. The van der Waals surface area contributed by atoms with E-state index in [4.69, 9.17) is 26.9 Å². The molecule has 134 valence electrons. The van der Waals surface area contributed by atoms with Crippen LogP contribution in [-0.4, -0.2) is 19.5 Å². The molecular formula is C16H11ClN2O6S. The van der Waals surface area contributed by atoms with Gasteiger partial charge >= 0.3 is 11.6 Å². The molecule has 10 heteroatoms. The van der Waals surface area contributed by atoms with Gasteiger partial charge in [0.1, 0.15) is 11.3 Å². The van der Waals surface area contributed by atoms with Crippen LogP contribution >= 0.6 is 11.6 Å². The third-order valence-corrected chi connectivity index (χ3v) is 5.10. The van der Waals surface area contributed by atoms with Crippen LogP contribution in [0.25, 0.3) is 11.0 Å². The number of hydrogen-bond acceptors (Lipinski definition) is 6. The Balaban J connectivity index is 2.06. The molecule has 3 aromatic rings. The quantitative estimate of drug-likeness (QED) is 0.456. The number of halogens is 1. The third kappa shape index (κ3) is 3.35. The molecule has 2 aromatic carbocycles. The normalized spacial score (nSPS) is 11.4. The van der Waals surface area contributed by atoms with E-state index in [1.165, 1.54) is 24.3 Å². The lowest BCUT2D eigenvalue weighted by atomic mass is 10.2. The first-order chi connectivity index (χ1) is 12.2. The van der Waals surface area contributed by atoms with Crippen molar-refractivity contribution < 1.29 is 22.7 Å². The van der Waals surface area contributed by atoms with Crippen LogP contribution in [0.3, 0.4) is 0 Å². The van der Waals surface area contributed by atoms with Gasteiger partial charge in [-0.2, -0.15) is 0 Å². The summed E-state index contributed by atoms with van der Waals surface area (Å²) in [6.45, 7) is 0. The fourth-order valence-corrected chi connectivity index (χ4v) is 3.51. The van der Waals surface area contributed by atoms with Crippen LogP contribution in [0, 0.1) is 0 Å². The van der Waals surface area contributed by atoms with Crippen LogP contribution in [0.15, 0.2) is 56.6 Å². The zero-order valence-corrected chi connectivity index (χ0v) is 14.5. The minimum Gasteiger partial charge on any atom is -0.478 e. The molecule has 0 bridgehead atoms. The zero-order valence-electron chi connectivity index (χ0n) is 12.9. The lowest BCUT2D eigenvalue weighted by Crippen LogP contribution is -2.19. The topological polar surface area (TPSA) is 140 Å². The maximum atomic E-state index is 12.5. The first-order valence-electron chi connectivity index (χ1n) is 7.06. The monoisotopic (exact) mass is 394 g/mol. The summed E-state index contributed by atoms with van der Waals surface area (Å²) in [5.41, 5.74) is 4.05. The van der Waals surface area contributed by atoms with Crippen molar-refractivity contribution in [3.8, 4) is 0 Å². The van der Waals surface area contributed by atoms with Gasteiger partial charge in [0, 0.05) is 16.1 Å². The smallest absolute Gasteiger partial charge is 0.360 e. The van der Waals surface area contributed by atoms with Crippen LogP contribution in [-0.2, 0) is 10.0 Å². The fraction of sp³-hybridized carbons (Fsp3) is 0. The average Bonchev–Trinajstić information content (AvgIpc) is 2.55. The molecule has 1 heterocycles. The van der Waals surface area contributed by atoms with Gasteiger partial charge in [0.05, 0.1) is 10.5 Å². The summed E-state index contributed by atoms with van der Waals surface area (Å²) in [5, 5.41) is 9.86. The van der Waals surface area contributed by atoms with Gasteiger partial charge in [-0.15, -0.1) is 0 Å². The molecule has 0 spiro atoms. The van der Waals surface area contributed by atoms with E-state index < -0.39 is 21.6 Å². The van der Waals surface area contributed by atoms with Crippen molar-refractivity contribution in [2.45, 2.75) is 4.90 Å². The van der Waals surface area contributed by atoms with Crippen LogP contribution in [0.4, 0.5) is 11.4 Å². The Labute approximate surface area is 151 Å². The number of anilines is 2. The van der Waals surface area contributed by atoms with Gasteiger partial charge in [-0.05, 0) is 42.5 Å². The molecule has 0 amide bonds. The van der Waals surface area contributed by atoms with Crippen molar-refractivity contribution in [1.82, 2.24) is 0 Å². The van der Waals surface area contributed by atoms with Gasteiger partial charge in [0.15, 0.2) is 0 Å². The molecule has 0 saturated heterocycles. The van der Waals surface area contributed by atoms with Gasteiger partial charge < -0.3 is 15.3 Å². The Bertz CT molecular complexity index is 1200. The van der Waals surface area contributed by atoms with Crippen molar-refractivity contribution >= 4 is 49.9 Å². The average molecular weight is 395 g/mol. The maximum absolute atomic E-state index is 12.5. The van der Waals surface area contributed by atoms with Crippen molar-refractivity contribution in [1.29, 1.82) is 0 Å². The summed E-state index contributed by atoms with van der Waals surface area (Å²) < 4.78 is 32.1. The van der Waals surface area contributed by atoms with E-state index in [9.17, 15) is 18.0 Å². The molecule has 0 aliphatic heterocycles. The Morgan fingerprint density at radius 1 is 1.15 bits per heavy atom. The minimum atomic E-state index is -4.25. The van der Waals surface area contributed by atoms with Gasteiger partial charge in [-0.3, -0.25) is 4.72 Å². The van der Waals surface area contributed by atoms with E-state index in [1.54, 1.807) is 0 Å². The summed E-state index contributed by atoms with van der Waals surface area (Å²) in [6, 6.07) is 8.97. The van der Waals surface area contributed by atoms with Crippen LogP contribution in [0.1, 0.15) is 10.4 Å². The zero-order chi connectivity index (χ0) is 19.1. The summed E-state index contributed by atoms with van der Waals surface area (Å²) in [7, 11) is -4.25. The van der Waals surface area contributed by atoms with Crippen LogP contribution < -0.4 is 16.1 Å². The van der Waals surface area contributed by atoms with Gasteiger partial charge in [-0.25, -0.2) is 18.0 Å². The number of aromatic carboxylic acids is 1. The largest absolute Gasteiger partial charge is 0.478 e. The minimum absolute atomic E-state index is 0.0867. The number of nitrogens with two attached hydrogens (primary N) is 1. The molecule has 0 atom stereocenters. The fourth-order valence-electron chi connectivity index (χ4n) is 2.26. The molecule has 3 rings (SSSR count). The maximum Gasteiger partial charge on any atom is 0.360 e. The summed E-state index contributed by atoms with van der Waals surface area (Å²) in [5.74, 6) is -1.38. The number of carboxylic acid groups (broad SMARTS) is 1. The summed E-state index contributed by atoms with van der Waals surface area (Å²) in [6.07, 6.45) is 0. The number of rotatable bonds is 4. The number of carbonyl (C=O) groups is 1. The van der Waals surface area contributed by atoms with Crippen LogP contribution in [0.5, 0.6) is 0 Å². The molecule has 0 saturated carbocycles. The van der Waals surface area contributed by atoms with Crippen molar-refractivity contribution in [2.75, 3.05) is 10.5 Å². The molecule has 26 heavy (non-hydrogen) atoms. The van der Waals surface area contributed by atoms with Crippen molar-refractivity contribution in [3.05, 3.63) is 63.5 Å². The number of sulfonamides is 1. The molecule has 0 aliphatic rings. The molecule has 0 aliphatic carbocycles. The SMILES string of the molecule is Nc1ccc(S(=O)(=O)Nc2cc3cc(Cl)ccc3oc2=O)cc1C(=O)O. The Hall–Kier alpha value is -3.04. The van der Waals surface area contributed by atoms with E-state index in [0.717, 1.165) is 18.2 Å². The molecule has 0 unspecified atom stereocenters. The predicted octanol–water partition coefficient (Wildman–Crippen LogP) is 2.53. The second-order valence-corrected chi connectivity index (χ2v) is 7.41. The Kier molecular flexibility index (Phi) is 4.34.